The minimum atomic E-state index is -3.83. The standard InChI is InChI=1S/C19H20N4O6S/c1-28-16-4-6-18(29-2)19(12-16)30(26,27)22-9-7-21(8-10-22)17-5-3-15(23(24)25)11-14(17)13-20/h3-6,11-12H,7-10H2,1-2H3. The molecule has 1 heterocycles. The fourth-order valence-electron chi connectivity index (χ4n) is 3.30. The largest absolute Gasteiger partial charge is 0.497 e. The summed E-state index contributed by atoms with van der Waals surface area (Å²) in [6.07, 6.45) is 0. The van der Waals surface area contributed by atoms with Crippen molar-refractivity contribution >= 4 is 21.4 Å². The Morgan fingerprint density at radius 3 is 2.33 bits per heavy atom. The molecule has 1 aliphatic heterocycles. The van der Waals surface area contributed by atoms with Crippen molar-refractivity contribution in [3.63, 3.8) is 0 Å². The number of benzene rings is 2. The van der Waals surface area contributed by atoms with E-state index in [1.54, 1.807) is 6.07 Å². The molecule has 0 amide bonds. The Morgan fingerprint density at radius 1 is 1.07 bits per heavy atom. The fourth-order valence-corrected chi connectivity index (χ4v) is 4.89. The first kappa shape index (κ1) is 21.4. The lowest BCUT2D eigenvalue weighted by Gasteiger charge is -2.35. The van der Waals surface area contributed by atoms with Crippen LogP contribution in [-0.4, -0.2) is 58.0 Å². The topological polar surface area (TPSA) is 126 Å². The number of sulfonamides is 1. The molecule has 1 fully saturated rings. The van der Waals surface area contributed by atoms with Crippen LogP contribution in [0.4, 0.5) is 11.4 Å². The van der Waals surface area contributed by atoms with Crippen LogP contribution in [0.15, 0.2) is 41.3 Å². The second kappa shape index (κ2) is 8.56. The van der Waals surface area contributed by atoms with Crippen LogP contribution in [0.25, 0.3) is 0 Å². The number of piperazine rings is 1. The lowest BCUT2D eigenvalue weighted by atomic mass is 10.1. The fraction of sp³-hybridized carbons (Fsp3) is 0.316. The van der Waals surface area contributed by atoms with Gasteiger partial charge in [-0.2, -0.15) is 9.57 Å². The number of nitro benzene ring substituents is 1. The van der Waals surface area contributed by atoms with Gasteiger partial charge in [0.15, 0.2) is 0 Å². The number of hydrogen-bond donors (Lipinski definition) is 0. The summed E-state index contributed by atoms with van der Waals surface area (Å²) in [6.45, 7) is 1.03. The number of anilines is 1. The van der Waals surface area contributed by atoms with E-state index in [4.69, 9.17) is 9.47 Å². The normalized spacial score (nSPS) is 14.8. The lowest BCUT2D eigenvalue weighted by molar-refractivity contribution is -0.384. The predicted octanol–water partition coefficient (Wildman–Crippen LogP) is 1.99. The van der Waals surface area contributed by atoms with Gasteiger partial charge in [-0.05, 0) is 18.2 Å². The van der Waals surface area contributed by atoms with Crippen molar-refractivity contribution in [2.45, 2.75) is 4.90 Å². The van der Waals surface area contributed by atoms with Crippen molar-refractivity contribution in [2.24, 2.45) is 0 Å². The SMILES string of the molecule is COc1ccc(OC)c(S(=O)(=O)N2CCN(c3ccc([N+](=O)[O-])cc3C#N)CC2)c1. The van der Waals surface area contributed by atoms with Crippen molar-refractivity contribution in [1.29, 1.82) is 5.26 Å². The minimum absolute atomic E-state index is 0.0193. The molecule has 3 rings (SSSR count). The molecular formula is C19H20N4O6S. The Morgan fingerprint density at radius 2 is 1.77 bits per heavy atom. The number of nitriles is 1. The zero-order valence-corrected chi connectivity index (χ0v) is 17.3. The van der Waals surface area contributed by atoms with Crippen LogP contribution >= 0.6 is 0 Å². The molecule has 158 valence electrons. The van der Waals surface area contributed by atoms with Crippen molar-refractivity contribution < 1.29 is 22.8 Å². The van der Waals surface area contributed by atoms with Crippen LogP contribution in [-0.2, 0) is 10.0 Å². The van der Waals surface area contributed by atoms with Crippen molar-refractivity contribution in [2.75, 3.05) is 45.3 Å². The van der Waals surface area contributed by atoms with Crippen LogP contribution in [0.1, 0.15) is 5.56 Å². The Bertz CT molecular complexity index is 1100. The smallest absolute Gasteiger partial charge is 0.270 e. The molecule has 0 aromatic heterocycles. The Balaban J connectivity index is 1.82. The summed E-state index contributed by atoms with van der Waals surface area (Å²) in [5.74, 6) is 0.623. The third kappa shape index (κ3) is 4.00. The average Bonchev–Trinajstić information content (AvgIpc) is 2.78. The highest BCUT2D eigenvalue weighted by molar-refractivity contribution is 7.89. The van der Waals surface area contributed by atoms with Crippen molar-refractivity contribution in [3.05, 3.63) is 52.1 Å². The van der Waals surface area contributed by atoms with Gasteiger partial charge in [0.25, 0.3) is 5.69 Å². The van der Waals surface area contributed by atoms with E-state index in [-0.39, 0.29) is 35.0 Å². The van der Waals surface area contributed by atoms with Crippen LogP contribution in [0.3, 0.4) is 0 Å². The van der Waals surface area contributed by atoms with Gasteiger partial charge in [-0.3, -0.25) is 10.1 Å². The molecule has 2 aromatic rings. The van der Waals surface area contributed by atoms with Crippen LogP contribution in [0.5, 0.6) is 11.5 Å². The number of non-ortho nitro benzene ring substituents is 1. The zero-order chi connectivity index (χ0) is 21.9. The first-order valence-corrected chi connectivity index (χ1v) is 10.4. The van der Waals surface area contributed by atoms with Gasteiger partial charge >= 0.3 is 0 Å². The van der Waals surface area contributed by atoms with E-state index in [2.05, 4.69) is 0 Å². The number of nitrogens with zero attached hydrogens (tertiary/aromatic N) is 4. The number of hydrogen-bond acceptors (Lipinski definition) is 8. The second-order valence-electron chi connectivity index (χ2n) is 6.48. The highest BCUT2D eigenvalue weighted by Gasteiger charge is 2.32. The van der Waals surface area contributed by atoms with Gasteiger partial charge in [0.05, 0.1) is 30.4 Å². The molecule has 30 heavy (non-hydrogen) atoms. The zero-order valence-electron chi connectivity index (χ0n) is 16.4. The van der Waals surface area contributed by atoms with Gasteiger partial charge in [-0.15, -0.1) is 0 Å². The molecule has 0 unspecified atom stereocenters. The maximum absolute atomic E-state index is 13.2. The average molecular weight is 432 g/mol. The second-order valence-corrected chi connectivity index (χ2v) is 8.38. The van der Waals surface area contributed by atoms with E-state index in [0.717, 1.165) is 0 Å². The molecule has 0 spiro atoms. The van der Waals surface area contributed by atoms with Crippen molar-refractivity contribution in [1.82, 2.24) is 4.31 Å². The maximum Gasteiger partial charge on any atom is 0.270 e. The molecule has 2 aromatic carbocycles. The molecule has 0 saturated carbocycles. The predicted molar refractivity (Wildman–Crippen MR) is 108 cm³/mol. The number of rotatable bonds is 6. The summed E-state index contributed by atoms with van der Waals surface area (Å²) in [6, 6.07) is 10.6. The summed E-state index contributed by atoms with van der Waals surface area (Å²) in [5, 5.41) is 20.3. The Labute approximate surface area is 174 Å². The van der Waals surface area contributed by atoms with E-state index in [1.807, 2.05) is 11.0 Å². The van der Waals surface area contributed by atoms with Gasteiger partial charge in [-0.25, -0.2) is 8.42 Å². The molecule has 1 saturated heterocycles. The number of nitro groups is 1. The molecule has 11 heteroatoms. The highest BCUT2D eigenvalue weighted by atomic mass is 32.2. The molecule has 0 atom stereocenters. The molecule has 0 aliphatic carbocycles. The third-order valence-electron chi connectivity index (χ3n) is 4.88. The summed E-state index contributed by atoms with van der Waals surface area (Å²) >= 11 is 0. The van der Waals surface area contributed by atoms with E-state index >= 15 is 0 Å². The summed E-state index contributed by atoms with van der Waals surface area (Å²) in [4.78, 5) is 12.2. The molecule has 0 radical (unpaired) electrons. The van der Waals surface area contributed by atoms with Gasteiger partial charge < -0.3 is 14.4 Å². The summed E-state index contributed by atoms with van der Waals surface area (Å²) in [7, 11) is -0.977. The maximum atomic E-state index is 13.2. The van der Waals surface area contributed by atoms with E-state index < -0.39 is 14.9 Å². The van der Waals surface area contributed by atoms with Crippen LogP contribution < -0.4 is 14.4 Å². The van der Waals surface area contributed by atoms with Gasteiger partial charge in [-0.1, -0.05) is 0 Å². The Hall–Kier alpha value is -3.36. The van der Waals surface area contributed by atoms with E-state index in [1.165, 1.54) is 48.9 Å². The molecule has 0 N–H and O–H groups in total. The monoisotopic (exact) mass is 432 g/mol. The summed E-state index contributed by atoms with van der Waals surface area (Å²) < 4.78 is 38.0. The van der Waals surface area contributed by atoms with Gasteiger partial charge in [0.2, 0.25) is 10.0 Å². The molecule has 1 aliphatic rings. The Kier molecular flexibility index (Phi) is 6.09. The van der Waals surface area contributed by atoms with E-state index in [0.29, 0.717) is 24.5 Å². The van der Waals surface area contributed by atoms with Crippen LogP contribution in [0.2, 0.25) is 0 Å². The summed E-state index contributed by atoms with van der Waals surface area (Å²) in [5.41, 5.74) is 0.552. The number of ether oxygens (including phenoxy) is 2. The third-order valence-corrected chi connectivity index (χ3v) is 6.80. The van der Waals surface area contributed by atoms with Crippen LogP contribution in [0, 0.1) is 21.4 Å². The first-order valence-electron chi connectivity index (χ1n) is 8.97. The number of methoxy groups -OCH3 is 2. The molecule has 0 bridgehead atoms. The quantitative estimate of drug-likeness (QED) is 0.501. The highest BCUT2D eigenvalue weighted by Crippen LogP contribution is 2.32. The molecular weight excluding hydrogens is 412 g/mol. The lowest BCUT2D eigenvalue weighted by Crippen LogP contribution is -2.48. The molecule has 10 nitrogen and oxygen atoms in total. The van der Waals surface area contributed by atoms with Gasteiger partial charge in [0, 0.05) is 44.4 Å². The van der Waals surface area contributed by atoms with Gasteiger partial charge in [0.1, 0.15) is 22.5 Å². The van der Waals surface area contributed by atoms with Crippen molar-refractivity contribution in [3.8, 4) is 17.6 Å². The van der Waals surface area contributed by atoms with E-state index in [9.17, 15) is 23.8 Å². The minimum Gasteiger partial charge on any atom is -0.497 e. The first-order chi connectivity index (χ1) is 14.3.